The van der Waals surface area contributed by atoms with Crippen molar-refractivity contribution >= 4 is 33.6 Å². The molecule has 0 saturated heterocycles. The Balaban J connectivity index is 1.43. The van der Waals surface area contributed by atoms with Gasteiger partial charge in [-0.2, -0.15) is 5.10 Å². The molecule has 5 aromatic rings. The number of anilines is 1. The summed E-state index contributed by atoms with van der Waals surface area (Å²) in [5.74, 6) is 0.660. The summed E-state index contributed by atoms with van der Waals surface area (Å²) in [5, 5.41) is 13.8. The highest BCUT2D eigenvalue weighted by Crippen LogP contribution is 2.16. The second kappa shape index (κ2) is 7.79. The van der Waals surface area contributed by atoms with E-state index in [4.69, 9.17) is 4.98 Å². The van der Waals surface area contributed by atoms with Crippen LogP contribution in [0.1, 0.15) is 18.2 Å². The Kier molecular flexibility index (Phi) is 4.68. The molecular weight excluding hydrogens is 392 g/mol. The van der Waals surface area contributed by atoms with E-state index in [-0.39, 0.29) is 5.56 Å². The lowest BCUT2D eigenvalue weighted by molar-refractivity contribution is 0.664. The average Bonchev–Trinajstić information content (AvgIpc) is 3.20. The van der Waals surface area contributed by atoms with Crippen LogP contribution in [0.2, 0.25) is 0 Å². The number of hydrazone groups is 1. The number of fused-ring (bicyclic) bond motifs is 2. The van der Waals surface area contributed by atoms with E-state index in [1.165, 1.54) is 6.07 Å². The molecule has 0 atom stereocenters. The van der Waals surface area contributed by atoms with Crippen LogP contribution in [0, 0.1) is 0 Å². The van der Waals surface area contributed by atoms with Crippen molar-refractivity contribution in [2.24, 2.45) is 5.10 Å². The minimum atomic E-state index is -0.117. The maximum absolute atomic E-state index is 11.5. The molecule has 0 unspecified atom stereocenters. The number of nitrogens with one attached hydrogen (secondary N) is 2. The first-order chi connectivity index (χ1) is 15.2. The molecule has 152 valence electrons. The van der Waals surface area contributed by atoms with Crippen molar-refractivity contribution in [3.05, 3.63) is 88.5 Å². The van der Waals surface area contributed by atoms with Gasteiger partial charge in [-0.1, -0.05) is 17.3 Å². The molecule has 0 radical (unpaired) electrons. The Morgan fingerprint density at radius 1 is 1.13 bits per heavy atom. The smallest absolute Gasteiger partial charge is 0.248 e. The highest BCUT2D eigenvalue weighted by molar-refractivity contribution is 5.98. The van der Waals surface area contributed by atoms with Crippen molar-refractivity contribution in [1.82, 2.24) is 29.9 Å². The van der Waals surface area contributed by atoms with Crippen molar-refractivity contribution in [1.29, 1.82) is 0 Å². The lowest BCUT2D eigenvalue weighted by Gasteiger charge is -2.06. The zero-order chi connectivity index (χ0) is 21.2. The van der Waals surface area contributed by atoms with Crippen LogP contribution in [0.3, 0.4) is 0 Å². The number of aromatic nitrogens is 6. The molecule has 31 heavy (non-hydrogen) atoms. The molecule has 0 aliphatic rings. The largest absolute Gasteiger partial charge is 0.322 e. The third-order valence-electron chi connectivity index (χ3n) is 4.85. The number of H-pyrrole nitrogens is 1. The van der Waals surface area contributed by atoms with Crippen LogP contribution in [-0.4, -0.2) is 35.7 Å². The number of benzene rings is 1. The predicted octanol–water partition coefficient (Wildman–Crippen LogP) is 2.95. The normalized spacial score (nSPS) is 11.8. The van der Waals surface area contributed by atoms with Gasteiger partial charge in [-0.15, -0.1) is 5.10 Å². The second-order valence-electron chi connectivity index (χ2n) is 7.05. The van der Waals surface area contributed by atoms with Crippen LogP contribution < -0.4 is 11.0 Å². The third-order valence-corrected chi connectivity index (χ3v) is 4.85. The van der Waals surface area contributed by atoms with Crippen LogP contribution in [0.4, 0.5) is 5.82 Å². The summed E-state index contributed by atoms with van der Waals surface area (Å²) >= 11 is 0. The summed E-state index contributed by atoms with van der Waals surface area (Å²) in [6.07, 6.45) is 1.70. The molecule has 0 aliphatic carbocycles. The Morgan fingerprint density at radius 2 is 2.06 bits per heavy atom. The quantitative estimate of drug-likeness (QED) is 0.340. The minimum Gasteiger partial charge on any atom is -0.322 e. The first kappa shape index (κ1) is 18.6. The number of hydrogen-bond donors (Lipinski definition) is 2. The summed E-state index contributed by atoms with van der Waals surface area (Å²) in [6, 6.07) is 18.5. The van der Waals surface area contributed by atoms with Gasteiger partial charge < -0.3 is 4.98 Å². The van der Waals surface area contributed by atoms with Crippen LogP contribution in [0.25, 0.3) is 22.1 Å². The molecule has 4 aromatic heterocycles. The Bertz CT molecular complexity index is 1470. The number of nitrogens with zero attached hydrogens (tertiary/aromatic N) is 6. The lowest BCUT2D eigenvalue weighted by atomic mass is 10.1. The minimum absolute atomic E-state index is 0.117. The maximum atomic E-state index is 11.5. The molecule has 4 heterocycles. The van der Waals surface area contributed by atoms with E-state index in [1.807, 2.05) is 61.5 Å². The molecule has 0 fully saturated rings. The van der Waals surface area contributed by atoms with Gasteiger partial charge in [0.25, 0.3) is 0 Å². The first-order valence-electron chi connectivity index (χ1n) is 9.70. The molecule has 0 bridgehead atoms. The summed E-state index contributed by atoms with van der Waals surface area (Å²) in [4.78, 5) is 23.2. The molecular formula is C22H18N8O. The van der Waals surface area contributed by atoms with E-state index in [9.17, 15) is 4.79 Å². The van der Waals surface area contributed by atoms with Gasteiger partial charge in [0.15, 0.2) is 5.65 Å². The highest BCUT2D eigenvalue weighted by Gasteiger charge is 2.10. The van der Waals surface area contributed by atoms with Crippen molar-refractivity contribution < 1.29 is 0 Å². The molecule has 0 aliphatic heterocycles. The number of pyridine rings is 3. The van der Waals surface area contributed by atoms with Gasteiger partial charge in [0.1, 0.15) is 11.3 Å². The number of rotatable bonds is 5. The highest BCUT2D eigenvalue weighted by atomic mass is 16.1. The molecule has 5 rings (SSSR count). The first-order valence-corrected chi connectivity index (χ1v) is 9.70. The van der Waals surface area contributed by atoms with Gasteiger partial charge >= 0.3 is 0 Å². The van der Waals surface area contributed by atoms with E-state index in [0.29, 0.717) is 23.5 Å². The van der Waals surface area contributed by atoms with E-state index in [2.05, 4.69) is 30.8 Å². The van der Waals surface area contributed by atoms with Crippen LogP contribution >= 0.6 is 0 Å². The lowest BCUT2D eigenvalue weighted by Crippen LogP contribution is -2.07. The SMILES string of the molecule is CC(=NNc1ccccn1)c1ccc2nnn(Cc3ccc4[nH]c(=O)ccc4c3)c2n1. The fraction of sp³-hybridized carbons (Fsp3) is 0.0909. The van der Waals surface area contributed by atoms with Crippen LogP contribution in [0.15, 0.2) is 76.8 Å². The van der Waals surface area contributed by atoms with Crippen molar-refractivity contribution in [2.45, 2.75) is 13.5 Å². The van der Waals surface area contributed by atoms with E-state index in [1.54, 1.807) is 10.9 Å². The van der Waals surface area contributed by atoms with Gasteiger partial charge in [0.2, 0.25) is 5.56 Å². The zero-order valence-electron chi connectivity index (χ0n) is 16.6. The van der Waals surface area contributed by atoms with E-state index < -0.39 is 0 Å². The van der Waals surface area contributed by atoms with Crippen molar-refractivity contribution in [3.8, 4) is 0 Å². The van der Waals surface area contributed by atoms with E-state index in [0.717, 1.165) is 27.9 Å². The topological polar surface area (TPSA) is 114 Å². The monoisotopic (exact) mass is 410 g/mol. The fourth-order valence-electron chi connectivity index (χ4n) is 3.26. The summed E-state index contributed by atoms with van der Waals surface area (Å²) in [6.45, 7) is 2.38. The fourth-order valence-corrected chi connectivity index (χ4v) is 3.26. The van der Waals surface area contributed by atoms with Crippen molar-refractivity contribution in [3.63, 3.8) is 0 Å². The summed E-state index contributed by atoms with van der Waals surface area (Å²) < 4.78 is 1.76. The third kappa shape index (κ3) is 3.88. The molecule has 0 spiro atoms. The summed E-state index contributed by atoms with van der Waals surface area (Å²) in [5.41, 5.74) is 7.46. The van der Waals surface area contributed by atoms with Gasteiger partial charge in [-0.25, -0.2) is 14.6 Å². The molecule has 2 N–H and O–H groups in total. The Hall–Kier alpha value is -4.40. The Labute approximate surface area is 176 Å². The number of hydrogen-bond acceptors (Lipinski definition) is 7. The number of aromatic amines is 1. The second-order valence-corrected chi connectivity index (χ2v) is 7.05. The summed E-state index contributed by atoms with van der Waals surface area (Å²) in [7, 11) is 0. The molecule has 9 heteroatoms. The van der Waals surface area contributed by atoms with Crippen molar-refractivity contribution in [2.75, 3.05) is 5.43 Å². The molecule has 0 saturated carbocycles. The Morgan fingerprint density at radius 3 is 2.94 bits per heavy atom. The maximum Gasteiger partial charge on any atom is 0.248 e. The van der Waals surface area contributed by atoms with Crippen LogP contribution in [0.5, 0.6) is 0 Å². The van der Waals surface area contributed by atoms with Gasteiger partial charge in [0.05, 0.1) is 18.0 Å². The zero-order valence-corrected chi connectivity index (χ0v) is 16.6. The van der Waals surface area contributed by atoms with Gasteiger partial charge in [-0.05, 0) is 60.3 Å². The van der Waals surface area contributed by atoms with Gasteiger partial charge in [-0.3, -0.25) is 10.2 Å². The average molecular weight is 410 g/mol. The van der Waals surface area contributed by atoms with Gasteiger partial charge in [0, 0.05) is 17.8 Å². The van der Waals surface area contributed by atoms with E-state index >= 15 is 0 Å². The predicted molar refractivity (Wildman–Crippen MR) is 119 cm³/mol. The van der Waals surface area contributed by atoms with Crippen LogP contribution in [-0.2, 0) is 6.54 Å². The standard InChI is InChI=1S/C22H18N8O/c1-14(26-28-20-4-2-3-11-23-20)17-8-9-19-22(25-17)30(29-27-19)13-15-5-7-18-16(12-15)6-10-21(31)24-18/h2-12H,13H2,1H3,(H,23,28)(H,24,31). The molecule has 9 nitrogen and oxygen atoms in total. The molecule has 1 aromatic carbocycles. The molecule has 0 amide bonds.